The van der Waals surface area contributed by atoms with Crippen molar-refractivity contribution in [2.24, 2.45) is 4.99 Å². The van der Waals surface area contributed by atoms with Crippen LogP contribution < -0.4 is 0 Å². The van der Waals surface area contributed by atoms with E-state index in [2.05, 4.69) is 106 Å². The molecule has 0 amide bonds. The van der Waals surface area contributed by atoms with Gasteiger partial charge < -0.3 is 8.85 Å². The predicted molar refractivity (Wildman–Crippen MR) is 131 cm³/mol. The highest BCUT2D eigenvalue weighted by atomic mass is 79.9. The summed E-state index contributed by atoms with van der Waals surface area (Å²) in [5.41, 5.74) is 2.66. The van der Waals surface area contributed by atoms with Crippen molar-refractivity contribution in [1.29, 1.82) is 0 Å². The molecule has 1 atom stereocenters. The standard InChI is InChI=1S/C22H38BrNO2Si2/c1-17(2)28(18(3)4,19(5)6)25-21(20-13-11-10-12-14-20)16-24-22(15-23)26-27(7,8)9/h10-19,21H,1-9H3/b22-15-,24-16+/t21-/m1/s1. The molecule has 0 aliphatic carbocycles. The van der Waals surface area contributed by atoms with E-state index in [4.69, 9.17) is 8.85 Å². The summed E-state index contributed by atoms with van der Waals surface area (Å²) < 4.78 is 13.1. The first-order valence-corrected chi connectivity index (χ1v) is 16.7. The van der Waals surface area contributed by atoms with E-state index in [1.165, 1.54) is 0 Å². The van der Waals surface area contributed by atoms with Gasteiger partial charge >= 0.3 is 0 Å². The predicted octanol–water partition coefficient (Wildman–Crippen LogP) is 8.04. The van der Waals surface area contributed by atoms with Crippen LogP contribution in [0.25, 0.3) is 0 Å². The Balaban J connectivity index is 3.32. The van der Waals surface area contributed by atoms with E-state index in [1.54, 1.807) is 4.99 Å². The fourth-order valence-corrected chi connectivity index (χ4v) is 10.6. The summed E-state index contributed by atoms with van der Waals surface area (Å²) in [5, 5.41) is 0. The van der Waals surface area contributed by atoms with Crippen molar-refractivity contribution >= 4 is 38.8 Å². The highest BCUT2D eigenvalue weighted by Gasteiger charge is 2.46. The van der Waals surface area contributed by atoms with Gasteiger partial charge in [-0.1, -0.05) is 87.8 Å². The first kappa shape index (κ1) is 25.3. The average Bonchev–Trinajstić information content (AvgIpc) is 2.59. The van der Waals surface area contributed by atoms with E-state index in [0.29, 0.717) is 22.5 Å². The maximum atomic E-state index is 7.04. The number of benzene rings is 1. The van der Waals surface area contributed by atoms with Crippen molar-refractivity contribution in [1.82, 2.24) is 0 Å². The van der Waals surface area contributed by atoms with E-state index in [-0.39, 0.29) is 6.10 Å². The number of hydrogen-bond donors (Lipinski definition) is 0. The number of aliphatic imine (C=N–C) groups is 1. The molecule has 158 valence electrons. The van der Waals surface area contributed by atoms with Gasteiger partial charge in [0.2, 0.25) is 22.5 Å². The molecule has 0 heterocycles. The first-order chi connectivity index (χ1) is 12.9. The molecule has 3 nitrogen and oxygen atoms in total. The molecule has 1 aromatic carbocycles. The average molecular weight is 485 g/mol. The Hall–Kier alpha value is -0.696. The van der Waals surface area contributed by atoms with E-state index >= 15 is 0 Å². The molecule has 0 N–H and O–H groups in total. The first-order valence-electron chi connectivity index (χ1n) is 10.2. The third-order valence-corrected chi connectivity index (χ3v) is 12.3. The van der Waals surface area contributed by atoms with Crippen molar-refractivity contribution in [3.05, 3.63) is 46.8 Å². The summed E-state index contributed by atoms with van der Waals surface area (Å²) >= 11 is 3.40. The monoisotopic (exact) mass is 483 g/mol. The highest BCUT2D eigenvalue weighted by molar-refractivity contribution is 9.11. The van der Waals surface area contributed by atoms with Crippen molar-refractivity contribution in [2.75, 3.05) is 0 Å². The normalized spacial score (nSPS) is 15.1. The van der Waals surface area contributed by atoms with E-state index in [0.717, 1.165) is 5.56 Å². The molecule has 0 aliphatic heterocycles. The Morgan fingerprint density at radius 3 is 1.82 bits per heavy atom. The molecule has 0 saturated carbocycles. The molecule has 1 aromatic rings. The van der Waals surface area contributed by atoms with Gasteiger partial charge in [-0.3, -0.25) is 0 Å². The van der Waals surface area contributed by atoms with Crippen LogP contribution in [0.5, 0.6) is 0 Å². The fraction of sp³-hybridized carbons (Fsp3) is 0.591. The minimum atomic E-state index is -2.06. The Morgan fingerprint density at radius 2 is 1.43 bits per heavy atom. The molecule has 0 aliphatic rings. The summed E-state index contributed by atoms with van der Waals surface area (Å²) in [6, 6.07) is 10.4. The SMILES string of the molecule is CC(C)[Si](O[C@H](/C=N/C(=C/Br)O[Si](C)(C)C)c1ccccc1)(C(C)C)C(C)C. The molecule has 6 heteroatoms. The van der Waals surface area contributed by atoms with Crippen LogP contribution in [0.15, 0.2) is 46.2 Å². The second kappa shape index (κ2) is 10.9. The molecule has 28 heavy (non-hydrogen) atoms. The van der Waals surface area contributed by atoms with Crippen LogP contribution >= 0.6 is 15.9 Å². The van der Waals surface area contributed by atoms with Crippen molar-refractivity contribution in [2.45, 2.75) is 83.9 Å². The van der Waals surface area contributed by atoms with Gasteiger partial charge in [0.15, 0.2) is 0 Å². The van der Waals surface area contributed by atoms with Crippen LogP contribution in [-0.4, -0.2) is 22.8 Å². The molecular formula is C22H38BrNO2Si2. The molecule has 0 bridgehead atoms. The van der Waals surface area contributed by atoms with Gasteiger partial charge in [0.25, 0.3) is 0 Å². The van der Waals surface area contributed by atoms with Crippen LogP contribution in [-0.2, 0) is 8.85 Å². The fourth-order valence-electron chi connectivity index (χ4n) is 3.99. The molecular weight excluding hydrogens is 446 g/mol. The second-order valence-corrected chi connectivity index (χ2v) is 19.5. The minimum Gasteiger partial charge on any atom is -0.531 e. The van der Waals surface area contributed by atoms with E-state index in [1.807, 2.05) is 12.3 Å². The lowest BCUT2D eigenvalue weighted by Gasteiger charge is -2.44. The molecule has 0 aromatic heterocycles. The van der Waals surface area contributed by atoms with Gasteiger partial charge in [-0.05, 0) is 41.8 Å². The maximum absolute atomic E-state index is 7.04. The van der Waals surface area contributed by atoms with E-state index in [9.17, 15) is 0 Å². The summed E-state index contributed by atoms with van der Waals surface area (Å²) in [5.74, 6) is 0.606. The van der Waals surface area contributed by atoms with Gasteiger partial charge in [0, 0.05) is 11.2 Å². The summed E-state index contributed by atoms with van der Waals surface area (Å²) in [4.78, 5) is 6.42. The minimum absolute atomic E-state index is 0.187. The van der Waals surface area contributed by atoms with Gasteiger partial charge in [-0.2, -0.15) is 0 Å². The third-order valence-electron chi connectivity index (χ3n) is 5.01. The van der Waals surface area contributed by atoms with Crippen LogP contribution in [0, 0.1) is 0 Å². The van der Waals surface area contributed by atoms with Gasteiger partial charge in [-0.25, -0.2) is 4.99 Å². The topological polar surface area (TPSA) is 30.8 Å². The lowest BCUT2D eigenvalue weighted by Crippen LogP contribution is -2.48. The van der Waals surface area contributed by atoms with Gasteiger partial charge in [0.05, 0.1) is 0 Å². The van der Waals surface area contributed by atoms with Crippen molar-refractivity contribution in [3.8, 4) is 0 Å². The van der Waals surface area contributed by atoms with Gasteiger partial charge in [-0.15, -0.1) is 0 Å². The zero-order valence-electron chi connectivity index (χ0n) is 19.0. The van der Waals surface area contributed by atoms with Crippen LogP contribution in [0.4, 0.5) is 0 Å². The quantitative estimate of drug-likeness (QED) is 0.191. The van der Waals surface area contributed by atoms with Crippen LogP contribution in [0.2, 0.25) is 36.3 Å². The number of nitrogens with zero attached hydrogens (tertiary/aromatic N) is 1. The lowest BCUT2D eigenvalue weighted by atomic mass is 10.1. The third kappa shape index (κ3) is 6.97. The molecule has 0 saturated heterocycles. The largest absolute Gasteiger partial charge is 0.531 e. The second-order valence-electron chi connectivity index (χ2n) is 9.21. The maximum Gasteiger partial charge on any atom is 0.244 e. The Labute approximate surface area is 183 Å². The Kier molecular flexibility index (Phi) is 9.87. The Morgan fingerprint density at radius 1 is 0.929 bits per heavy atom. The lowest BCUT2D eigenvalue weighted by molar-refractivity contribution is 0.240. The number of rotatable bonds is 10. The van der Waals surface area contributed by atoms with Crippen LogP contribution in [0.3, 0.4) is 0 Å². The summed E-state index contributed by atoms with van der Waals surface area (Å²) in [6.45, 7) is 20.3. The highest BCUT2D eigenvalue weighted by Crippen LogP contribution is 2.44. The molecule has 0 fully saturated rings. The molecule has 0 unspecified atom stereocenters. The number of halogens is 1. The van der Waals surface area contributed by atoms with Crippen molar-refractivity contribution < 1.29 is 8.85 Å². The molecule has 0 spiro atoms. The zero-order chi connectivity index (χ0) is 21.5. The summed E-state index contributed by atoms with van der Waals surface area (Å²) in [7, 11) is -3.79. The smallest absolute Gasteiger partial charge is 0.244 e. The van der Waals surface area contributed by atoms with Gasteiger partial charge in [0.1, 0.15) is 6.10 Å². The number of hydrogen-bond acceptors (Lipinski definition) is 3. The van der Waals surface area contributed by atoms with Crippen LogP contribution in [0.1, 0.15) is 53.2 Å². The molecule has 1 rings (SSSR count). The molecule has 0 radical (unpaired) electrons. The van der Waals surface area contributed by atoms with Crippen molar-refractivity contribution in [3.63, 3.8) is 0 Å². The Bertz CT molecular complexity index is 630. The zero-order valence-corrected chi connectivity index (χ0v) is 22.6. The summed E-state index contributed by atoms with van der Waals surface area (Å²) in [6.07, 6.45) is 1.73. The van der Waals surface area contributed by atoms with E-state index < -0.39 is 16.6 Å².